The SMILES string of the molecule is C=C1C=C[C@@H](C2C=CC(=O)NC2=O)O[C@@H]1COC(c1ccccc1)(c1ccccc1)c1ccccc1. The molecule has 3 aromatic rings. The van der Waals surface area contributed by atoms with Crippen LogP contribution < -0.4 is 5.32 Å². The molecule has 3 aromatic carbocycles. The van der Waals surface area contributed by atoms with E-state index in [1.807, 2.05) is 66.7 Å². The first-order valence-electron chi connectivity index (χ1n) is 11.9. The minimum atomic E-state index is -0.890. The van der Waals surface area contributed by atoms with E-state index in [1.165, 1.54) is 6.08 Å². The molecule has 2 aliphatic heterocycles. The van der Waals surface area contributed by atoms with E-state index in [1.54, 1.807) is 6.08 Å². The summed E-state index contributed by atoms with van der Waals surface area (Å²) in [6.07, 6.45) is 5.62. The first-order chi connectivity index (χ1) is 17.6. The number of ether oxygens (including phenoxy) is 2. The fourth-order valence-electron chi connectivity index (χ4n) is 4.75. The molecule has 2 heterocycles. The maximum absolute atomic E-state index is 12.4. The minimum Gasteiger partial charge on any atom is -0.363 e. The second kappa shape index (κ2) is 10.3. The van der Waals surface area contributed by atoms with E-state index in [4.69, 9.17) is 9.47 Å². The molecule has 2 aliphatic rings. The standard InChI is InChI=1S/C31H27NO4/c1-22-17-19-27(26-18-20-29(33)32-30(26)34)36-28(22)21-35-31(23-11-5-2-6-12-23,24-13-7-3-8-14-24)25-15-9-4-10-16-25/h2-20,26-28H,1,21H2,(H,32,33,34)/t26?,27-,28+/m0/s1. The third kappa shape index (κ3) is 4.59. The summed E-state index contributed by atoms with van der Waals surface area (Å²) < 4.78 is 13.2. The predicted octanol–water partition coefficient (Wildman–Crippen LogP) is 4.70. The molecule has 5 heteroatoms. The van der Waals surface area contributed by atoms with Crippen LogP contribution in [0.15, 0.2) is 127 Å². The average Bonchev–Trinajstić information content (AvgIpc) is 2.92. The molecule has 36 heavy (non-hydrogen) atoms. The summed E-state index contributed by atoms with van der Waals surface area (Å²) in [5.41, 5.74) is 2.83. The lowest BCUT2D eigenvalue weighted by Crippen LogP contribution is -2.45. The van der Waals surface area contributed by atoms with Crippen molar-refractivity contribution in [2.75, 3.05) is 6.61 Å². The Labute approximate surface area is 210 Å². The lowest BCUT2D eigenvalue weighted by molar-refractivity contribution is -0.135. The van der Waals surface area contributed by atoms with E-state index >= 15 is 0 Å². The van der Waals surface area contributed by atoms with Crippen LogP contribution in [0.25, 0.3) is 0 Å². The summed E-state index contributed by atoms with van der Waals surface area (Å²) in [6.45, 7) is 4.36. The summed E-state index contributed by atoms with van der Waals surface area (Å²) in [5, 5.41) is 2.34. The lowest BCUT2D eigenvalue weighted by Gasteiger charge is -2.38. The third-order valence-electron chi connectivity index (χ3n) is 6.59. The Morgan fingerprint density at radius 1 is 0.778 bits per heavy atom. The van der Waals surface area contributed by atoms with Gasteiger partial charge < -0.3 is 9.47 Å². The van der Waals surface area contributed by atoms with Crippen molar-refractivity contribution in [1.82, 2.24) is 5.32 Å². The Balaban J connectivity index is 1.50. The summed E-state index contributed by atoms with van der Waals surface area (Å²) in [6, 6.07) is 30.4. The van der Waals surface area contributed by atoms with Gasteiger partial charge in [0.05, 0.1) is 18.6 Å². The third-order valence-corrected chi connectivity index (χ3v) is 6.59. The van der Waals surface area contributed by atoms with Crippen LogP contribution in [-0.2, 0) is 24.7 Å². The van der Waals surface area contributed by atoms with Crippen LogP contribution in [0, 0.1) is 5.92 Å². The van der Waals surface area contributed by atoms with Gasteiger partial charge in [0.1, 0.15) is 11.7 Å². The molecule has 1 unspecified atom stereocenters. The monoisotopic (exact) mass is 477 g/mol. The summed E-state index contributed by atoms with van der Waals surface area (Å²) >= 11 is 0. The molecule has 1 N–H and O–H groups in total. The van der Waals surface area contributed by atoms with Crippen LogP contribution in [0.1, 0.15) is 16.7 Å². The van der Waals surface area contributed by atoms with Gasteiger partial charge in [0.15, 0.2) is 0 Å². The molecule has 0 fully saturated rings. The van der Waals surface area contributed by atoms with Gasteiger partial charge in [0.25, 0.3) is 0 Å². The fraction of sp³-hybridized carbons (Fsp3) is 0.161. The Hall–Kier alpha value is -4.06. The zero-order chi connectivity index (χ0) is 25.0. The number of nitrogens with one attached hydrogen (secondary N) is 1. The average molecular weight is 478 g/mol. The molecule has 0 bridgehead atoms. The van der Waals surface area contributed by atoms with Gasteiger partial charge in [0, 0.05) is 6.08 Å². The maximum Gasteiger partial charge on any atom is 0.250 e. The molecule has 0 saturated heterocycles. The van der Waals surface area contributed by atoms with Crippen LogP contribution in [0.3, 0.4) is 0 Å². The number of carbonyl (C=O) groups excluding carboxylic acids is 2. The van der Waals surface area contributed by atoms with Crippen molar-refractivity contribution >= 4 is 11.8 Å². The van der Waals surface area contributed by atoms with Crippen LogP contribution in [0.5, 0.6) is 0 Å². The number of benzene rings is 3. The van der Waals surface area contributed by atoms with Crippen molar-refractivity contribution in [1.29, 1.82) is 0 Å². The highest BCUT2D eigenvalue weighted by Gasteiger charge is 2.40. The topological polar surface area (TPSA) is 64.6 Å². The van der Waals surface area contributed by atoms with Gasteiger partial charge in [0.2, 0.25) is 11.8 Å². The van der Waals surface area contributed by atoms with Crippen LogP contribution in [0.4, 0.5) is 0 Å². The smallest absolute Gasteiger partial charge is 0.250 e. The Bertz CT molecular complexity index is 1200. The van der Waals surface area contributed by atoms with Crippen molar-refractivity contribution in [3.05, 3.63) is 144 Å². The van der Waals surface area contributed by atoms with Gasteiger partial charge >= 0.3 is 0 Å². The van der Waals surface area contributed by atoms with Crippen molar-refractivity contribution < 1.29 is 19.1 Å². The normalized spacial score (nSPS) is 21.9. The summed E-state index contributed by atoms with van der Waals surface area (Å²) in [5.74, 6) is -1.40. The van der Waals surface area contributed by atoms with Crippen molar-refractivity contribution in [2.24, 2.45) is 5.92 Å². The molecule has 0 aromatic heterocycles. The van der Waals surface area contributed by atoms with Crippen molar-refractivity contribution in [3.63, 3.8) is 0 Å². The molecule has 3 atom stereocenters. The van der Waals surface area contributed by atoms with Gasteiger partial charge in [-0.1, -0.05) is 116 Å². The van der Waals surface area contributed by atoms with Gasteiger partial charge in [-0.15, -0.1) is 0 Å². The molecule has 2 amide bonds. The number of amides is 2. The number of rotatable bonds is 7. The second-order valence-corrected chi connectivity index (χ2v) is 8.85. The van der Waals surface area contributed by atoms with E-state index in [9.17, 15) is 9.59 Å². The maximum atomic E-state index is 12.4. The van der Waals surface area contributed by atoms with E-state index in [0.29, 0.717) is 0 Å². The van der Waals surface area contributed by atoms with Gasteiger partial charge in [-0.25, -0.2) is 0 Å². The minimum absolute atomic E-state index is 0.204. The van der Waals surface area contributed by atoms with E-state index < -0.39 is 29.6 Å². The van der Waals surface area contributed by atoms with Crippen LogP contribution >= 0.6 is 0 Å². The molecular weight excluding hydrogens is 450 g/mol. The lowest BCUT2D eigenvalue weighted by atomic mass is 9.80. The first-order valence-corrected chi connectivity index (χ1v) is 11.9. The predicted molar refractivity (Wildman–Crippen MR) is 138 cm³/mol. The number of hydrogen-bond acceptors (Lipinski definition) is 4. The number of hydrogen-bond donors (Lipinski definition) is 1. The quantitative estimate of drug-likeness (QED) is 0.396. The van der Waals surface area contributed by atoms with Crippen LogP contribution in [-0.4, -0.2) is 30.6 Å². The summed E-state index contributed by atoms with van der Waals surface area (Å²) in [7, 11) is 0. The largest absolute Gasteiger partial charge is 0.363 e. The summed E-state index contributed by atoms with van der Waals surface area (Å²) in [4.78, 5) is 23.9. The van der Waals surface area contributed by atoms with Gasteiger partial charge in [-0.3, -0.25) is 14.9 Å². The van der Waals surface area contributed by atoms with Crippen LogP contribution in [0.2, 0.25) is 0 Å². The van der Waals surface area contributed by atoms with E-state index in [2.05, 4.69) is 48.3 Å². The molecular formula is C31H27NO4. The molecule has 180 valence electrons. The highest BCUT2D eigenvalue weighted by atomic mass is 16.6. The van der Waals surface area contributed by atoms with E-state index in [0.717, 1.165) is 22.3 Å². The molecule has 0 radical (unpaired) electrons. The molecule has 5 nitrogen and oxygen atoms in total. The van der Waals surface area contributed by atoms with Crippen molar-refractivity contribution in [2.45, 2.75) is 17.8 Å². The van der Waals surface area contributed by atoms with E-state index in [-0.39, 0.29) is 12.5 Å². The fourth-order valence-corrected chi connectivity index (χ4v) is 4.75. The molecule has 0 saturated carbocycles. The number of imide groups is 1. The Morgan fingerprint density at radius 3 is 1.81 bits per heavy atom. The highest BCUT2D eigenvalue weighted by Crippen LogP contribution is 2.41. The zero-order valence-corrected chi connectivity index (χ0v) is 19.7. The molecule has 5 rings (SSSR count). The zero-order valence-electron chi connectivity index (χ0n) is 19.7. The number of carbonyl (C=O) groups is 2. The van der Waals surface area contributed by atoms with Gasteiger partial charge in [-0.2, -0.15) is 0 Å². The van der Waals surface area contributed by atoms with Gasteiger partial charge in [-0.05, 0) is 22.3 Å². The van der Waals surface area contributed by atoms with Crippen molar-refractivity contribution in [3.8, 4) is 0 Å². The second-order valence-electron chi connectivity index (χ2n) is 8.85. The molecule has 0 spiro atoms. The molecule has 0 aliphatic carbocycles. The Kier molecular flexibility index (Phi) is 6.76. The highest BCUT2D eigenvalue weighted by molar-refractivity contribution is 6.05. The first kappa shape index (κ1) is 23.7. The Morgan fingerprint density at radius 2 is 1.31 bits per heavy atom.